The minimum absolute atomic E-state index is 0.115. The summed E-state index contributed by atoms with van der Waals surface area (Å²) in [4.78, 5) is 15.5. The van der Waals surface area contributed by atoms with E-state index in [-0.39, 0.29) is 18.5 Å². The number of aryl methyl sites for hydroxylation is 4. The second-order valence-electron chi connectivity index (χ2n) is 8.78. The smallest absolute Gasteiger partial charge is 0.244 e. The van der Waals surface area contributed by atoms with Crippen molar-refractivity contribution in [2.45, 2.75) is 70.9 Å². The van der Waals surface area contributed by atoms with Crippen LogP contribution in [-0.2, 0) is 28.4 Å². The Kier molecular flexibility index (Phi) is 7.27. The third kappa shape index (κ3) is 5.39. The van der Waals surface area contributed by atoms with Crippen LogP contribution in [0.2, 0.25) is 0 Å². The summed E-state index contributed by atoms with van der Waals surface area (Å²) in [6, 6.07) is 7.97. The van der Waals surface area contributed by atoms with Gasteiger partial charge >= 0.3 is 0 Å². The molecule has 7 heteroatoms. The van der Waals surface area contributed by atoms with E-state index in [1.807, 2.05) is 74.7 Å². The van der Waals surface area contributed by atoms with Gasteiger partial charge in [0.1, 0.15) is 0 Å². The maximum absolute atomic E-state index is 13.7. The largest absolute Gasteiger partial charge is 0.353 e. The Morgan fingerprint density at radius 3 is 2.32 bits per heavy atom. The summed E-state index contributed by atoms with van der Waals surface area (Å²) in [6.07, 6.45) is 5.51. The van der Waals surface area contributed by atoms with Crippen LogP contribution in [0.1, 0.15) is 55.0 Å². The van der Waals surface area contributed by atoms with Gasteiger partial charge in [0.15, 0.2) is 0 Å². The molecule has 1 aromatic carbocycles. The minimum atomic E-state index is -3.77. The Bertz CT molecular complexity index is 1020. The van der Waals surface area contributed by atoms with Crippen LogP contribution in [0.3, 0.4) is 0 Å². The fourth-order valence-corrected chi connectivity index (χ4v) is 6.05. The molecule has 1 fully saturated rings. The van der Waals surface area contributed by atoms with Crippen molar-refractivity contribution < 1.29 is 13.2 Å². The molecule has 1 aromatic heterocycles. The first-order valence-corrected chi connectivity index (χ1v) is 12.6. The molecule has 1 saturated carbocycles. The highest BCUT2D eigenvalue weighted by molar-refractivity contribution is 7.89. The Morgan fingerprint density at radius 2 is 1.81 bits per heavy atom. The van der Waals surface area contributed by atoms with Gasteiger partial charge in [0.25, 0.3) is 0 Å². The van der Waals surface area contributed by atoms with Crippen LogP contribution in [0.25, 0.3) is 0 Å². The summed E-state index contributed by atoms with van der Waals surface area (Å²) in [5.74, 6) is -0.120. The van der Waals surface area contributed by atoms with Gasteiger partial charge in [0.05, 0.1) is 18.0 Å². The highest BCUT2D eigenvalue weighted by Gasteiger charge is 2.36. The molecule has 0 unspecified atom stereocenters. The molecule has 0 atom stereocenters. The fraction of sp³-hybridized carbons (Fsp3) is 0.542. The molecule has 31 heavy (non-hydrogen) atoms. The Morgan fingerprint density at radius 1 is 1.16 bits per heavy atom. The average Bonchev–Trinajstić information content (AvgIpc) is 3.43. The molecule has 1 aliphatic carbocycles. The fourth-order valence-electron chi connectivity index (χ4n) is 4.21. The standard InChI is InChI=1S/C24H35N3O3S/c1-6-7-13-26(31(29,30)24-19(3)14-18(2)15-20(24)4)17-23(28)27(21-10-11-21)16-22-9-8-12-25(22)5/h8-9,12,14-15,21H,6-7,10-11,13,16-17H2,1-5H3. The van der Waals surface area contributed by atoms with Crippen molar-refractivity contribution in [3.8, 4) is 0 Å². The zero-order valence-corrected chi connectivity index (χ0v) is 20.2. The number of unbranched alkanes of at least 4 members (excludes halogenated alkanes) is 1. The van der Waals surface area contributed by atoms with Gasteiger partial charge in [-0.2, -0.15) is 4.31 Å². The van der Waals surface area contributed by atoms with Gasteiger partial charge in [-0.3, -0.25) is 4.79 Å². The first-order chi connectivity index (χ1) is 14.6. The molecule has 0 bridgehead atoms. The zero-order chi connectivity index (χ0) is 22.8. The average molecular weight is 446 g/mol. The molecular weight excluding hydrogens is 410 g/mol. The molecule has 0 N–H and O–H groups in total. The lowest BCUT2D eigenvalue weighted by molar-refractivity contribution is -0.132. The Labute approximate surface area is 186 Å². The van der Waals surface area contributed by atoms with E-state index in [0.717, 1.165) is 48.1 Å². The Balaban J connectivity index is 1.88. The van der Waals surface area contributed by atoms with E-state index < -0.39 is 10.0 Å². The first-order valence-electron chi connectivity index (χ1n) is 11.1. The molecular formula is C24H35N3O3S. The molecule has 0 radical (unpaired) electrons. The van der Waals surface area contributed by atoms with E-state index in [2.05, 4.69) is 0 Å². The molecule has 6 nitrogen and oxygen atoms in total. The van der Waals surface area contributed by atoms with Gasteiger partial charge in [-0.1, -0.05) is 31.0 Å². The summed E-state index contributed by atoms with van der Waals surface area (Å²) < 4.78 is 30.7. The summed E-state index contributed by atoms with van der Waals surface area (Å²) in [6.45, 7) is 8.40. The van der Waals surface area contributed by atoms with Crippen LogP contribution >= 0.6 is 0 Å². The van der Waals surface area contributed by atoms with Crippen molar-refractivity contribution >= 4 is 15.9 Å². The summed E-state index contributed by atoms with van der Waals surface area (Å²) in [7, 11) is -1.81. The molecule has 0 spiro atoms. The lowest BCUT2D eigenvalue weighted by Crippen LogP contribution is -2.44. The van der Waals surface area contributed by atoms with E-state index >= 15 is 0 Å². The number of hydrogen-bond acceptors (Lipinski definition) is 3. The number of carbonyl (C=O) groups is 1. The normalized spacial score (nSPS) is 14.3. The van der Waals surface area contributed by atoms with Crippen LogP contribution < -0.4 is 0 Å². The second-order valence-corrected chi connectivity index (χ2v) is 10.7. The summed E-state index contributed by atoms with van der Waals surface area (Å²) in [5.41, 5.74) is 3.55. The number of benzene rings is 1. The molecule has 2 aromatic rings. The van der Waals surface area contributed by atoms with Crippen LogP contribution in [0.4, 0.5) is 0 Å². The van der Waals surface area contributed by atoms with Crippen LogP contribution in [0.15, 0.2) is 35.4 Å². The molecule has 0 saturated heterocycles. The highest BCUT2D eigenvalue weighted by Crippen LogP contribution is 2.30. The number of aromatic nitrogens is 1. The maximum atomic E-state index is 13.7. The number of hydrogen-bond donors (Lipinski definition) is 0. The molecule has 3 rings (SSSR count). The first kappa shape index (κ1) is 23.5. The van der Waals surface area contributed by atoms with Crippen molar-refractivity contribution in [3.05, 3.63) is 52.8 Å². The Hall–Kier alpha value is -2.12. The minimum Gasteiger partial charge on any atom is -0.353 e. The monoisotopic (exact) mass is 445 g/mol. The van der Waals surface area contributed by atoms with E-state index in [1.165, 1.54) is 4.31 Å². The summed E-state index contributed by atoms with van der Waals surface area (Å²) in [5, 5.41) is 0. The maximum Gasteiger partial charge on any atom is 0.244 e. The van der Waals surface area contributed by atoms with E-state index in [9.17, 15) is 13.2 Å². The van der Waals surface area contributed by atoms with E-state index in [0.29, 0.717) is 18.0 Å². The third-order valence-corrected chi connectivity index (χ3v) is 8.12. The number of amides is 1. The van der Waals surface area contributed by atoms with Gasteiger partial charge in [-0.25, -0.2) is 8.42 Å². The van der Waals surface area contributed by atoms with Crippen LogP contribution in [0.5, 0.6) is 0 Å². The zero-order valence-electron chi connectivity index (χ0n) is 19.4. The molecule has 1 heterocycles. The second kappa shape index (κ2) is 9.57. The van der Waals surface area contributed by atoms with Crippen molar-refractivity contribution in [1.29, 1.82) is 0 Å². The third-order valence-electron chi connectivity index (χ3n) is 5.97. The highest BCUT2D eigenvalue weighted by atomic mass is 32.2. The van der Waals surface area contributed by atoms with Crippen molar-refractivity contribution in [2.24, 2.45) is 7.05 Å². The van der Waals surface area contributed by atoms with Gasteiger partial charge in [0, 0.05) is 31.5 Å². The lowest BCUT2D eigenvalue weighted by atomic mass is 10.1. The molecule has 1 aliphatic rings. The number of rotatable bonds is 10. The van der Waals surface area contributed by atoms with Gasteiger partial charge in [-0.15, -0.1) is 0 Å². The van der Waals surface area contributed by atoms with Crippen LogP contribution in [0, 0.1) is 20.8 Å². The quantitative estimate of drug-likeness (QED) is 0.557. The van der Waals surface area contributed by atoms with Crippen LogP contribution in [-0.4, -0.2) is 47.2 Å². The van der Waals surface area contributed by atoms with Crippen molar-refractivity contribution in [1.82, 2.24) is 13.8 Å². The molecule has 1 amide bonds. The topological polar surface area (TPSA) is 62.6 Å². The molecule has 0 aliphatic heterocycles. The van der Waals surface area contributed by atoms with E-state index in [1.54, 1.807) is 0 Å². The lowest BCUT2D eigenvalue weighted by Gasteiger charge is -2.28. The number of carbonyl (C=O) groups excluding carboxylic acids is 1. The number of nitrogens with zero attached hydrogens (tertiary/aromatic N) is 3. The molecule has 170 valence electrons. The number of sulfonamides is 1. The van der Waals surface area contributed by atoms with Gasteiger partial charge < -0.3 is 9.47 Å². The predicted molar refractivity (Wildman–Crippen MR) is 123 cm³/mol. The summed E-state index contributed by atoms with van der Waals surface area (Å²) >= 11 is 0. The van der Waals surface area contributed by atoms with Gasteiger partial charge in [0.2, 0.25) is 15.9 Å². The van der Waals surface area contributed by atoms with Gasteiger partial charge in [-0.05, 0) is 63.3 Å². The SMILES string of the molecule is CCCCN(CC(=O)N(Cc1cccn1C)C1CC1)S(=O)(=O)c1c(C)cc(C)cc1C. The van der Waals surface area contributed by atoms with Crippen molar-refractivity contribution in [3.63, 3.8) is 0 Å². The van der Waals surface area contributed by atoms with E-state index in [4.69, 9.17) is 0 Å². The predicted octanol–water partition coefficient (Wildman–Crippen LogP) is 3.93. The van der Waals surface area contributed by atoms with Crippen molar-refractivity contribution in [2.75, 3.05) is 13.1 Å².